The molecule has 0 fully saturated rings. The van der Waals surface area contributed by atoms with Crippen molar-refractivity contribution >= 4 is 39.6 Å². The Morgan fingerprint density at radius 1 is 1.21 bits per heavy atom. The molecule has 10 heteroatoms. The van der Waals surface area contributed by atoms with E-state index in [1.807, 2.05) is 24.3 Å². The van der Waals surface area contributed by atoms with Gasteiger partial charge >= 0.3 is 11.7 Å². The number of benzene rings is 1. The lowest BCUT2D eigenvalue weighted by Gasteiger charge is -2.10. The molecule has 0 atom stereocenters. The van der Waals surface area contributed by atoms with Crippen molar-refractivity contribution in [1.82, 2.24) is 23.7 Å². The van der Waals surface area contributed by atoms with E-state index in [0.29, 0.717) is 5.56 Å². The Hall–Kier alpha value is -3.46. The van der Waals surface area contributed by atoms with Gasteiger partial charge in [-0.3, -0.25) is 14.2 Å². The number of para-hydroxylation sites is 1. The highest BCUT2D eigenvalue weighted by molar-refractivity contribution is 6.30. The van der Waals surface area contributed by atoms with Gasteiger partial charge < -0.3 is 9.30 Å². The van der Waals surface area contributed by atoms with Gasteiger partial charge in [0.05, 0.1) is 11.8 Å². The zero-order valence-corrected chi connectivity index (χ0v) is 16.4. The Bertz CT molecular complexity index is 1390. The maximum absolute atomic E-state index is 12.6. The molecule has 148 valence electrons. The van der Waals surface area contributed by atoms with E-state index in [1.165, 1.54) is 22.5 Å². The molecule has 0 aliphatic carbocycles. The molecule has 0 N–H and O–H groups in total. The van der Waals surface area contributed by atoms with Crippen LogP contribution in [0.2, 0.25) is 5.15 Å². The summed E-state index contributed by atoms with van der Waals surface area (Å²) < 4.78 is 8.78. The number of aromatic nitrogens is 5. The van der Waals surface area contributed by atoms with E-state index in [0.717, 1.165) is 15.5 Å². The van der Waals surface area contributed by atoms with Crippen LogP contribution in [-0.2, 0) is 36.8 Å². The first-order chi connectivity index (χ1) is 13.9. The molecule has 0 unspecified atom stereocenters. The quantitative estimate of drug-likeness (QED) is 0.370. The highest BCUT2D eigenvalue weighted by Gasteiger charge is 2.18. The molecule has 4 aromatic rings. The lowest BCUT2D eigenvalue weighted by molar-refractivity contribution is -0.145. The fraction of sp³-hybridized carbons (Fsp3) is 0.211. The van der Waals surface area contributed by atoms with E-state index in [1.54, 1.807) is 13.1 Å². The van der Waals surface area contributed by atoms with Crippen molar-refractivity contribution in [3.05, 3.63) is 68.2 Å². The van der Waals surface area contributed by atoms with E-state index < -0.39 is 23.8 Å². The topological polar surface area (TPSA) is 101 Å². The van der Waals surface area contributed by atoms with Gasteiger partial charge in [0, 0.05) is 25.0 Å². The molecule has 3 heterocycles. The van der Waals surface area contributed by atoms with Gasteiger partial charge in [-0.2, -0.15) is 0 Å². The van der Waals surface area contributed by atoms with Crippen LogP contribution in [-0.4, -0.2) is 29.6 Å². The summed E-state index contributed by atoms with van der Waals surface area (Å²) in [5.74, 6) is -0.741. The molecule has 0 spiro atoms. The summed E-state index contributed by atoms with van der Waals surface area (Å²) in [4.78, 5) is 45.7. The minimum atomic E-state index is -0.741. The number of carbonyl (C=O) groups is 1. The van der Waals surface area contributed by atoms with Crippen molar-refractivity contribution in [2.24, 2.45) is 14.1 Å². The number of hydrogen-bond acceptors (Lipinski definition) is 6. The van der Waals surface area contributed by atoms with Gasteiger partial charge in [0.15, 0.2) is 11.2 Å². The second-order valence-electron chi connectivity index (χ2n) is 6.55. The number of ether oxygens (including phenoxy) is 1. The third kappa shape index (κ3) is 3.29. The number of imidazole rings is 1. The van der Waals surface area contributed by atoms with Gasteiger partial charge in [0.2, 0.25) is 0 Å². The summed E-state index contributed by atoms with van der Waals surface area (Å²) in [5, 5.41) is 1.08. The molecule has 29 heavy (non-hydrogen) atoms. The van der Waals surface area contributed by atoms with E-state index in [4.69, 9.17) is 16.3 Å². The lowest BCUT2D eigenvalue weighted by atomic mass is 10.2. The second-order valence-corrected chi connectivity index (χ2v) is 6.91. The molecule has 0 bridgehead atoms. The largest absolute Gasteiger partial charge is 0.459 e. The third-order valence-corrected chi connectivity index (χ3v) is 4.95. The van der Waals surface area contributed by atoms with Crippen molar-refractivity contribution in [3.63, 3.8) is 0 Å². The van der Waals surface area contributed by atoms with Crippen LogP contribution in [0.3, 0.4) is 0 Å². The Kier molecular flexibility index (Phi) is 4.67. The number of carbonyl (C=O) groups excluding carboxylic acids is 1. The van der Waals surface area contributed by atoms with Crippen molar-refractivity contribution in [2.75, 3.05) is 0 Å². The average molecular weight is 414 g/mol. The molecule has 0 aliphatic heterocycles. The van der Waals surface area contributed by atoms with Crippen LogP contribution in [0.4, 0.5) is 0 Å². The Labute approximate surface area is 168 Å². The molecule has 1 aromatic carbocycles. The van der Waals surface area contributed by atoms with Crippen LogP contribution in [0.15, 0.2) is 46.2 Å². The molecule has 0 radical (unpaired) electrons. The summed E-state index contributed by atoms with van der Waals surface area (Å²) in [6.07, 6.45) is 1.43. The van der Waals surface area contributed by atoms with Gasteiger partial charge in [-0.15, -0.1) is 0 Å². The predicted octanol–water partition coefficient (Wildman–Crippen LogP) is 1.38. The summed E-state index contributed by atoms with van der Waals surface area (Å²) in [7, 11) is 3.12. The van der Waals surface area contributed by atoms with Crippen molar-refractivity contribution in [1.29, 1.82) is 0 Å². The molecule has 9 nitrogen and oxygen atoms in total. The zero-order valence-electron chi connectivity index (χ0n) is 15.6. The first kappa shape index (κ1) is 18.9. The second kappa shape index (κ2) is 7.17. The van der Waals surface area contributed by atoms with Gasteiger partial charge in [0.25, 0.3) is 5.56 Å². The smallest absolute Gasteiger partial charge is 0.333 e. The maximum atomic E-state index is 12.6. The predicted molar refractivity (Wildman–Crippen MR) is 107 cm³/mol. The number of fused-ring (bicyclic) bond motifs is 2. The number of rotatable bonds is 4. The normalized spacial score (nSPS) is 11.3. The molecule has 0 amide bonds. The van der Waals surface area contributed by atoms with E-state index >= 15 is 0 Å². The number of halogens is 1. The summed E-state index contributed by atoms with van der Waals surface area (Å²) in [6, 6.07) is 9.20. The number of aryl methyl sites for hydroxylation is 2. The van der Waals surface area contributed by atoms with Gasteiger partial charge in [-0.25, -0.2) is 19.3 Å². The fourth-order valence-electron chi connectivity index (χ4n) is 3.11. The standard InChI is InChI=1S/C19H16ClN5O4/c1-23-10-21-17-15(23)18(27)25(19(28)24(17)2)8-14(26)29-9-12-7-11-5-3-4-6-13(11)22-16(12)20/h3-7,10H,8-9H2,1-2H3. The summed E-state index contributed by atoms with van der Waals surface area (Å²) in [5.41, 5.74) is 0.477. The number of hydrogen-bond donors (Lipinski definition) is 0. The lowest BCUT2D eigenvalue weighted by Crippen LogP contribution is -2.41. The van der Waals surface area contributed by atoms with Crippen molar-refractivity contribution in [2.45, 2.75) is 13.2 Å². The molecule has 0 aliphatic rings. The van der Waals surface area contributed by atoms with E-state index in [2.05, 4.69) is 9.97 Å². The van der Waals surface area contributed by atoms with Crippen LogP contribution in [0, 0.1) is 0 Å². The summed E-state index contributed by atoms with van der Waals surface area (Å²) >= 11 is 6.17. The van der Waals surface area contributed by atoms with E-state index in [9.17, 15) is 14.4 Å². The first-order valence-corrected chi connectivity index (χ1v) is 9.05. The monoisotopic (exact) mass is 413 g/mol. The molecule has 4 rings (SSSR count). The summed E-state index contributed by atoms with van der Waals surface area (Å²) in [6.45, 7) is -0.649. The average Bonchev–Trinajstić information content (AvgIpc) is 3.09. The Morgan fingerprint density at radius 2 is 1.97 bits per heavy atom. The molecular weight excluding hydrogens is 398 g/mol. The fourth-order valence-corrected chi connectivity index (χ4v) is 3.31. The van der Waals surface area contributed by atoms with Crippen LogP contribution < -0.4 is 11.2 Å². The van der Waals surface area contributed by atoms with Crippen molar-refractivity contribution < 1.29 is 9.53 Å². The number of nitrogens with zero attached hydrogens (tertiary/aromatic N) is 5. The third-order valence-electron chi connectivity index (χ3n) is 4.63. The van der Waals surface area contributed by atoms with Crippen LogP contribution >= 0.6 is 11.6 Å². The highest BCUT2D eigenvalue weighted by Crippen LogP contribution is 2.21. The minimum Gasteiger partial charge on any atom is -0.459 e. The number of esters is 1. The highest BCUT2D eigenvalue weighted by atomic mass is 35.5. The van der Waals surface area contributed by atoms with Crippen molar-refractivity contribution in [3.8, 4) is 0 Å². The first-order valence-electron chi connectivity index (χ1n) is 8.67. The number of pyridine rings is 1. The van der Waals surface area contributed by atoms with Gasteiger partial charge in [0.1, 0.15) is 18.3 Å². The Morgan fingerprint density at radius 3 is 2.76 bits per heavy atom. The molecule has 0 saturated carbocycles. The van der Waals surface area contributed by atoms with Gasteiger partial charge in [-0.05, 0) is 12.1 Å². The molecule has 0 saturated heterocycles. The van der Waals surface area contributed by atoms with Crippen LogP contribution in [0.25, 0.3) is 22.1 Å². The van der Waals surface area contributed by atoms with Crippen LogP contribution in [0.5, 0.6) is 0 Å². The zero-order chi connectivity index (χ0) is 20.7. The van der Waals surface area contributed by atoms with E-state index in [-0.39, 0.29) is 22.9 Å². The minimum absolute atomic E-state index is 0.126. The maximum Gasteiger partial charge on any atom is 0.333 e. The van der Waals surface area contributed by atoms with Crippen LogP contribution in [0.1, 0.15) is 5.56 Å². The van der Waals surface area contributed by atoms with Gasteiger partial charge in [-0.1, -0.05) is 29.8 Å². The Balaban J connectivity index is 1.58. The molecular formula is C19H16ClN5O4. The molecule has 3 aromatic heterocycles. The SMILES string of the molecule is Cn1cnc2c1c(=O)n(CC(=O)OCc1cc3ccccc3nc1Cl)c(=O)n2C.